The maximum Gasteiger partial charge on any atom is 0.327 e. The Hall–Kier alpha value is -3.02. The first-order valence-corrected chi connectivity index (χ1v) is 11.8. The molecule has 0 unspecified atom stereocenters. The van der Waals surface area contributed by atoms with E-state index < -0.39 is 70.1 Å². The summed E-state index contributed by atoms with van der Waals surface area (Å²) in [5, 5.41) is 41.6. The van der Waals surface area contributed by atoms with Crippen molar-refractivity contribution in [3.63, 3.8) is 0 Å². The summed E-state index contributed by atoms with van der Waals surface area (Å²) in [6, 6.07) is -2.79. The van der Waals surface area contributed by atoms with E-state index in [1.807, 2.05) is 0 Å². The molecule has 0 saturated heterocycles. The lowest BCUT2D eigenvalue weighted by molar-refractivity contribution is -0.760. The number of amides is 2. The molecule has 16 nitrogen and oxygen atoms in total. The predicted octanol–water partition coefficient (Wildman–Crippen LogP) is -0.0244. The van der Waals surface area contributed by atoms with E-state index in [0.29, 0.717) is 0 Å². The highest BCUT2D eigenvalue weighted by Gasteiger charge is 2.34. The normalized spacial score (nSPS) is 13.2. The molecule has 0 aromatic carbocycles. The molecule has 0 rings (SSSR count). The number of hydrogen-bond acceptors (Lipinski definition) is 12. The van der Waals surface area contributed by atoms with Gasteiger partial charge in [0.1, 0.15) is 25.3 Å². The van der Waals surface area contributed by atoms with Crippen LogP contribution in [0.25, 0.3) is 0 Å². The topological polar surface area (TPSA) is 238 Å². The minimum atomic E-state index is -1.40. The van der Waals surface area contributed by atoms with Gasteiger partial charge in [0.05, 0.1) is 10.8 Å². The Kier molecular flexibility index (Phi) is 12.4. The van der Waals surface area contributed by atoms with E-state index >= 15 is 0 Å². The molecule has 2 amide bonds. The zero-order valence-corrected chi connectivity index (χ0v) is 20.3. The van der Waals surface area contributed by atoms with E-state index in [1.54, 1.807) is 0 Å². The third-order valence-electron chi connectivity index (χ3n) is 4.05. The molecule has 0 heterocycles. The minimum absolute atomic E-state index is 0.194. The van der Waals surface area contributed by atoms with Crippen molar-refractivity contribution in [1.82, 2.24) is 10.6 Å². The quantitative estimate of drug-likeness (QED) is 0.0836. The summed E-state index contributed by atoms with van der Waals surface area (Å²) < 4.78 is 0. The Balaban J connectivity index is 4.83. The van der Waals surface area contributed by atoms with Crippen molar-refractivity contribution in [2.24, 2.45) is 10.8 Å². The van der Waals surface area contributed by atoms with Crippen LogP contribution in [0.1, 0.15) is 27.7 Å². The monoisotopic (exact) mass is 530 g/mol. The van der Waals surface area contributed by atoms with Gasteiger partial charge in [0.15, 0.2) is 0 Å². The lowest BCUT2D eigenvalue weighted by Crippen LogP contribution is -2.49. The maximum atomic E-state index is 12.3. The van der Waals surface area contributed by atoms with Crippen LogP contribution >= 0.6 is 21.6 Å². The first-order valence-electron chi connectivity index (χ1n) is 9.36. The van der Waals surface area contributed by atoms with Crippen molar-refractivity contribution in [2.75, 3.05) is 24.7 Å². The molecule has 194 valence electrons. The van der Waals surface area contributed by atoms with Crippen LogP contribution in [-0.2, 0) is 28.9 Å². The molecule has 0 spiro atoms. The lowest BCUT2D eigenvalue weighted by atomic mass is 9.93. The molecule has 0 aliphatic heterocycles. The number of carboxylic acid groups (broad SMARTS) is 2. The van der Waals surface area contributed by atoms with Crippen LogP contribution in [0.4, 0.5) is 0 Å². The van der Waals surface area contributed by atoms with E-state index in [0.717, 1.165) is 21.6 Å². The molecule has 2 atom stereocenters. The summed E-state index contributed by atoms with van der Waals surface area (Å²) in [6.45, 7) is 4.11. The summed E-state index contributed by atoms with van der Waals surface area (Å²) in [6.07, 6.45) is 0. The van der Waals surface area contributed by atoms with E-state index in [1.165, 1.54) is 27.7 Å². The number of carbonyl (C=O) groups excluding carboxylic acids is 2. The van der Waals surface area contributed by atoms with Gasteiger partial charge in [-0.2, -0.15) is 0 Å². The zero-order valence-electron chi connectivity index (χ0n) is 18.7. The second kappa shape index (κ2) is 13.6. The van der Waals surface area contributed by atoms with Gasteiger partial charge in [0.25, 0.3) is 10.2 Å². The van der Waals surface area contributed by atoms with Gasteiger partial charge < -0.3 is 30.5 Å². The largest absolute Gasteiger partial charge is 0.480 e. The van der Waals surface area contributed by atoms with Gasteiger partial charge in [-0.25, -0.2) is 9.59 Å². The number of hydrogen-bond donors (Lipinski definition) is 4. The Morgan fingerprint density at radius 1 is 0.794 bits per heavy atom. The Morgan fingerprint density at radius 3 is 1.32 bits per heavy atom. The van der Waals surface area contributed by atoms with Gasteiger partial charge in [-0.3, -0.25) is 9.59 Å². The van der Waals surface area contributed by atoms with Gasteiger partial charge in [-0.15, -0.1) is 20.2 Å². The van der Waals surface area contributed by atoms with Crippen molar-refractivity contribution < 1.29 is 49.2 Å². The van der Waals surface area contributed by atoms with Gasteiger partial charge in [-0.05, 0) is 27.7 Å². The fourth-order valence-electron chi connectivity index (χ4n) is 1.85. The molecule has 0 aliphatic carbocycles. The fraction of sp³-hybridized carbons (Fsp3) is 0.750. The third-order valence-corrected chi connectivity index (χ3v) is 6.47. The van der Waals surface area contributed by atoms with Crippen LogP contribution in [-0.4, -0.2) is 80.9 Å². The molecule has 0 aromatic heterocycles. The summed E-state index contributed by atoms with van der Waals surface area (Å²) in [5.41, 5.74) is -2.80. The van der Waals surface area contributed by atoms with Crippen molar-refractivity contribution >= 4 is 45.3 Å². The molecule has 0 radical (unpaired) electrons. The highest BCUT2D eigenvalue weighted by atomic mass is 33.1. The van der Waals surface area contributed by atoms with Crippen LogP contribution < -0.4 is 10.6 Å². The average Bonchev–Trinajstić information content (AvgIpc) is 2.71. The smallest absolute Gasteiger partial charge is 0.327 e. The number of nitrogens with one attached hydrogen (secondary N) is 2. The summed E-state index contributed by atoms with van der Waals surface area (Å²) in [5.74, 6) is -4.77. The van der Waals surface area contributed by atoms with Crippen molar-refractivity contribution in [1.29, 1.82) is 0 Å². The third kappa shape index (κ3) is 11.7. The van der Waals surface area contributed by atoms with Gasteiger partial charge in [0.2, 0.25) is 11.8 Å². The van der Waals surface area contributed by atoms with E-state index in [4.69, 9.17) is 0 Å². The van der Waals surface area contributed by atoms with Gasteiger partial charge in [0, 0.05) is 11.5 Å². The molecule has 18 heteroatoms. The summed E-state index contributed by atoms with van der Waals surface area (Å²) in [7, 11) is 1.82. The molecule has 0 fully saturated rings. The van der Waals surface area contributed by atoms with Crippen LogP contribution in [0.15, 0.2) is 0 Å². The first kappa shape index (κ1) is 31.0. The lowest BCUT2D eigenvalue weighted by Gasteiger charge is -2.25. The first-order chi connectivity index (χ1) is 15.5. The van der Waals surface area contributed by atoms with E-state index in [9.17, 15) is 49.6 Å². The van der Waals surface area contributed by atoms with E-state index in [-0.39, 0.29) is 11.5 Å². The molecule has 0 aliphatic rings. The van der Waals surface area contributed by atoms with Crippen LogP contribution in [0, 0.1) is 31.1 Å². The minimum Gasteiger partial charge on any atom is -0.480 e. The Labute approximate surface area is 201 Å². The molecular weight excluding hydrogens is 504 g/mol. The Bertz CT molecular complexity index is 728. The fourth-order valence-corrected chi connectivity index (χ4v) is 4.16. The highest BCUT2D eigenvalue weighted by molar-refractivity contribution is 8.76. The van der Waals surface area contributed by atoms with Crippen LogP contribution in [0.3, 0.4) is 0 Å². The number of rotatable bonds is 17. The average molecular weight is 531 g/mol. The van der Waals surface area contributed by atoms with Crippen LogP contribution in [0.5, 0.6) is 0 Å². The van der Waals surface area contributed by atoms with Crippen molar-refractivity contribution in [2.45, 2.75) is 39.8 Å². The number of aliphatic carboxylic acids is 2. The summed E-state index contributed by atoms with van der Waals surface area (Å²) >= 11 is 0. The zero-order chi connectivity index (χ0) is 26.7. The molecule has 34 heavy (non-hydrogen) atoms. The number of carboxylic acids is 2. The maximum absolute atomic E-state index is 12.3. The molecule has 0 aromatic rings. The standard InChI is InChI=1S/C16H26N4O12S2/c1-15(2,7-31-19(27)28)13(25)17-9(11(21)22)5-33-34-6-10(12(23)24)18-14(26)16(3,4)8-32-20(29)30/h9-10H,5-8H2,1-4H3,(H,17,25)(H,18,26)(H,21,22)(H,23,24)/t9-,10-/m1/s1. The second-order valence-electron chi connectivity index (χ2n) is 8.06. The highest BCUT2D eigenvalue weighted by Crippen LogP contribution is 2.25. The SMILES string of the molecule is CC(C)(CO[N+](=O)[O-])C(=O)N[C@H](CSSC[C@@H](NC(=O)C(C)(C)CO[N+](=O)[O-])C(=O)O)C(=O)O. The molecule has 0 bridgehead atoms. The Morgan fingerprint density at radius 2 is 1.09 bits per heavy atom. The molecule has 0 saturated carbocycles. The van der Waals surface area contributed by atoms with Gasteiger partial charge >= 0.3 is 11.9 Å². The number of nitrogens with zero attached hydrogens (tertiary/aromatic N) is 2. The second-order valence-corrected chi connectivity index (χ2v) is 10.6. The van der Waals surface area contributed by atoms with Gasteiger partial charge in [-0.1, -0.05) is 21.6 Å². The van der Waals surface area contributed by atoms with E-state index in [2.05, 4.69) is 20.3 Å². The van der Waals surface area contributed by atoms with Crippen molar-refractivity contribution in [3.8, 4) is 0 Å². The van der Waals surface area contributed by atoms with Crippen LogP contribution in [0.2, 0.25) is 0 Å². The molecular formula is C16H26N4O12S2. The number of carbonyl (C=O) groups is 4. The molecule has 4 N–H and O–H groups in total. The predicted molar refractivity (Wildman–Crippen MR) is 118 cm³/mol. The van der Waals surface area contributed by atoms with Crippen molar-refractivity contribution in [3.05, 3.63) is 20.2 Å². The summed E-state index contributed by atoms with van der Waals surface area (Å²) in [4.78, 5) is 76.4.